The maximum absolute atomic E-state index is 10.7. The van der Waals surface area contributed by atoms with Gasteiger partial charge in [-0.15, -0.1) is 0 Å². The number of rotatable bonds is 1. The molecule has 0 amide bonds. The molecule has 0 aliphatic rings. The third kappa shape index (κ3) is 3.49. The van der Waals surface area contributed by atoms with Crippen LogP contribution in [0.3, 0.4) is 0 Å². The molecule has 78 valence electrons. The molecule has 0 aromatic carbocycles. The second-order valence-corrected chi connectivity index (χ2v) is 2.92. The Balaban J connectivity index is 2.72. The van der Waals surface area contributed by atoms with E-state index in [9.17, 15) is 4.79 Å². The van der Waals surface area contributed by atoms with E-state index in [4.69, 9.17) is 16.7 Å². The second kappa shape index (κ2) is 5.23. The van der Waals surface area contributed by atoms with Gasteiger partial charge in [-0.1, -0.05) is 17.5 Å². The van der Waals surface area contributed by atoms with Crippen LogP contribution in [0.5, 0.6) is 5.75 Å². The molecule has 15 heavy (non-hydrogen) atoms. The first-order valence-electron chi connectivity index (χ1n) is 4.04. The normalized spacial score (nSPS) is 8.93. The summed E-state index contributed by atoms with van der Waals surface area (Å²) in [6, 6.07) is 2.89. The van der Waals surface area contributed by atoms with Gasteiger partial charge in [0.05, 0.1) is 7.11 Å². The lowest BCUT2D eigenvalue weighted by Crippen LogP contribution is -1.97. The van der Waals surface area contributed by atoms with Gasteiger partial charge in [0.15, 0.2) is 10.9 Å². The largest absolute Gasteiger partial charge is 0.505 e. The van der Waals surface area contributed by atoms with Crippen LogP contribution in [-0.4, -0.2) is 23.2 Å². The number of hydrogen-bond acceptors (Lipinski definition) is 4. The van der Waals surface area contributed by atoms with Crippen LogP contribution in [0.4, 0.5) is 0 Å². The highest BCUT2D eigenvalue weighted by molar-refractivity contribution is 6.30. The monoisotopic (exact) mass is 225 g/mol. The van der Waals surface area contributed by atoms with Crippen molar-refractivity contribution in [1.29, 1.82) is 0 Å². The van der Waals surface area contributed by atoms with Crippen molar-refractivity contribution in [2.45, 2.75) is 6.42 Å². The van der Waals surface area contributed by atoms with Crippen LogP contribution in [-0.2, 0) is 9.53 Å². The third-order valence-electron chi connectivity index (χ3n) is 1.51. The van der Waals surface area contributed by atoms with Crippen molar-refractivity contribution in [2.24, 2.45) is 0 Å². The number of carbonyl (C=O) groups is 1. The first-order valence-corrected chi connectivity index (χ1v) is 4.42. The molecule has 4 nitrogen and oxygen atoms in total. The van der Waals surface area contributed by atoms with Gasteiger partial charge < -0.3 is 9.84 Å². The van der Waals surface area contributed by atoms with Crippen LogP contribution in [0.25, 0.3) is 0 Å². The number of hydrogen-bond donors (Lipinski definition) is 1. The van der Waals surface area contributed by atoms with Gasteiger partial charge in [0.25, 0.3) is 0 Å². The van der Waals surface area contributed by atoms with Gasteiger partial charge in [-0.3, -0.25) is 4.79 Å². The van der Waals surface area contributed by atoms with Crippen molar-refractivity contribution < 1.29 is 14.6 Å². The number of aromatic hydroxyl groups is 1. The van der Waals surface area contributed by atoms with Crippen molar-refractivity contribution in [3.63, 3.8) is 0 Å². The Bertz CT molecular complexity index is 434. The number of carbonyl (C=O) groups excluding carboxylic acids is 1. The van der Waals surface area contributed by atoms with Gasteiger partial charge >= 0.3 is 5.97 Å². The van der Waals surface area contributed by atoms with E-state index in [0.29, 0.717) is 5.69 Å². The fraction of sp³-hybridized carbons (Fsp3) is 0.200. The summed E-state index contributed by atoms with van der Waals surface area (Å²) in [7, 11) is 1.29. The molecule has 0 unspecified atom stereocenters. The minimum absolute atomic E-state index is 0.00330. The smallest absolute Gasteiger partial charge is 0.317 e. The molecule has 1 rings (SSSR count). The standard InChI is InChI=1S/C10H8ClNO3/c1-15-9(14)4-2-3-7-5-6-8(13)10(11)12-7/h5-6,13H,4H2,1H3. The lowest BCUT2D eigenvalue weighted by Gasteiger charge is -1.94. The quantitative estimate of drug-likeness (QED) is 0.445. The Labute approximate surface area is 91.8 Å². The topological polar surface area (TPSA) is 59.4 Å². The first kappa shape index (κ1) is 11.3. The molecule has 1 aromatic heterocycles. The van der Waals surface area contributed by atoms with Crippen molar-refractivity contribution in [3.05, 3.63) is 23.0 Å². The summed E-state index contributed by atoms with van der Waals surface area (Å²) < 4.78 is 4.40. The Morgan fingerprint density at radius 2 is 2.40 bits per heavy atom. The average Bonchev–Trinajstić information content (AvgIpc) is 2.23. The molecule has 1 heterocycles. The van der Waals surface area contributed by atoms with E-state index in [1.807, 2.05) is 0 Å². The molecular formula is C10H8ClNO3. The highest BCUT2D eigenvalue weighted by atomic mass is 35.5. The zero-order chi connectivity index (χ0) is 11.3. The molecule has 0 fully saturated rings. The minimum atomic E-state index is -0.410. The van der Waals surface area contributed by atoms with Crippen LogP contribution in [0.1, 0.15) is 12.1 Å². The van der Waals surface area contributed by atoms with Gasteiger partial charge in [-0.25, -0.2) is 4.98 Å². The van der Waals surface area contributed by atoms with E-state index in [0.717, 1.165) is 0 Å². The molecule has 1 aromatic rings. The molecule has 0 aliphatic heterocycles. The molecule has 0 bridgehead atoms. The zero-order valence-corrected chi connectivity index (χ0v) is 8.71. The van der Waals surface area contributed by atoms with E-state index in [1.54, 1.807) is 0 Å². The molecule has 0 saturated carbocycles. The van der Waals surface area contributed by atoms with E-state index in [1.165, 1.54) is 19.2 Å². The molecule has 0 aliphatic carbocycles. The maximum atomic E-state index is 10.7. The molecule has 1 N–H and O–H groups in total. The van der Waals surface area contributed by atoms with Crippen molar-refractivity contribution >= 4 is 17.6 Å². The third-order valence-corrected chi connectivity index (χ3v) is 1.78. The van der Waals surface area contributed by atoms with Crippen LogP contribution in [0.15, 0.2) is 12.1 Å². The van der Waals surface area contributed by atoms with Gasteiger partial charge in [-0.05, 0) is 18.1 Å². The predicted molar refractivity (Wildman–Crippen MR) is 54.4 cm³/mol. The van der Waals surface area contributed by atoms with E-state index < -0.39 is 5.97 Å². The van der Waals surface area contributed by atoms with Crippen molar-refractivity contribution in [1.82, 2.24) is 4.98 Å². The number of pyridine rings is 1. The summed E-state index contributed by atoms with van der Waals surface area (Å²) in [5, 5.41) is 9.06. The average molecular weight is 226 g/mol. The Morgan fingerprint density at radius 1 is 1.67 bits per heavy atom. The summed E-state index contributed by atoms with van der Waals surface area (Å²) in [6.07, 6.45) is -0.00330. The number of ether oxygens (including phenoxy) is 1. The van der Waals surface area contributed by atoms with Crippen molar-refractivity contribution in [3.8, 4) is 17.6 Å². The lowest BCUT2D eigenvalue weighted by molar-refractivity contribution is -0.139. The van der Waals surface area contributed by atoms with E-state index in [-0.39, 0.29) is 17.3 Å². The summed E-state index contributed by atoms with van der Waals surface area (Å²) in [5.74, 6) is 4.68. The summed E-state index contributed by atoms with van der Waals surface area (Å²) in [5.41, 5.74) is 0.390. The fourth-order valence-electron chi connectivity index (χ4n) is 0.776. The van der Waals surface area contributed by atoms with Gasteiger partial charge in [0, 0.05) is 0 Å². The number of aromatic nitrogens is 1. The van der Waals surface area contributed by atoms with Gasteiger partial charge in [0.1, 0.15) is 12.1 Å². The molecule has 0 atom stereocenters. The van der Waals surface area contributed by atoms with E-state index >= 15 is 0 Å². The fourth-order valence-corrected chi connectivity index (χ4v) is 0.930. The summed E-state index contributed by atoms with van der Waals surface area (Å²) in [6.45, 7) is 0. The maximum Gasteiger partial charge on any atom is 0.317 e. The Kier molecular flexibility index (Phi) is 3.95. The van der Waals surface area contributed by atoms with Crippen LogP contribution in [0, 0.1) is 11.8 Å². The lowest BCUT2D eigenvalue weighted by atomic mass is 10.3. The first-order chi connectivity index (χ1) is 7.13. The minimum Gasteiger partial charge on any atom is -0.505 e. The Hall–Kier alpha value is -1.73. The zero-order valence-electron chi connectivity index (χ0n) is 7.95. The molecular weight excluding hydrogens is 218 g/mol. The molecule has 0 spiro atoms. The SMILES string of the molecule is COC(=O)CC#Cc1ccc(O)c(Cl)n1. The highest BCUT2D eigenvalue weighted by Gasteiger charge is 1.99. The number of nitrogens with zero attached hydrogens (tertiary/aromatic N) is 1. The van der Waals surface area contributed by atoms with Crippen LogP contribution >= 0.6 is 11.6 Å². The Morgan fingerprint density at radius 3 is 3.00 bits per heavy atom. The highest BCUT2D eigenvalue weighted by Crippen LogP contribution is 2.19. The number of halogens is 1. The van der Waals surface area contributed by atoms with Crippen molar-refractivity contribution in [2.75, 3.05) is 7.11 Å². The number of methoxy groups -OCH3 is 1. The second-order valence-electron chi connectivity index (χ2n) is 2.56. The van der Waals surface area contributed by atoms with Crippen LogP contribution in [0.2, 0.25) is 5.15 Å². The van der Waals surface area contributed by atoms with Gasteiger partial charge in [-0.2, -0.15) is 0 Å². The predicted octanol–water partition coefficient (Wildman–Crippen LogP) is 1.36. The molecule has 0 radical (unpaired) electrons. The number of esters is 1. The van der Waals surface area contributed by atoms with Gasteiger partial charge in [0.2, 0.25) is 0 Å². The van der Waals surface area contributed by atoms with E-state index in [2.05, 4.69) is 21.6 Å². The molecule has 5 heteroatoms. The summed E-state index contributed by atoms with van der Waals surface area (Å²) >= 11 is 5.56. The summed E-state index contributed by atoms with van der Waals surface area (Å²) in [4.78, 5) is 14.5. The van der Waals surface area contributed by atoms with Crippen LogP contribution < -0.4 is 0 Å². The molecule has 0 saturated heterocycles.